The summed E-state index contributed by atoms with van der Waals surface area (Å²) in [7, 11) is 0. The van der Waals surface area contributed by atoms with E-state index in [4.69, 9.17) is 9.47 Å². The molecule has 2 aliphatic rings. The van der Waals surface area contributed by atoms with Crippen LogP contribution < -0.4 is 0 Å². The fourth-order valence-electron chi connectivity index (χ4n) is 4.68. The number of aliphatic imine (C=N–C) groups is 1. The lowest BCUT2D eigenvalue weighted by Gasteiger charge is -2.50. The molecule has 3 heterocycles. The molecule has 0 radical (unpaired) electrons. The molecule has 0 N–H and O–H groups in total. The number of ether oxygens (including phenoxy) is 2. The third kappa shape index (κ3) is 6.15. The third-order valence-corrected chi connectivity index (χ3v) is 6.64. The number of hydrogen-bond donors (Lipinski definition) is 0. The number of alkyl halides is 1. The first-order valence-electron chi connectivity index (χ1n) is 12.3. The van der Waals surface area contributed by atoms with E-state index < -0.39 is 41.4 Å². The second-order valence-electron chi connectivity index (χ2n) is 11.6. The van der Waals surface area contributed by atoms with Crippen LogP contribution in [0.25, 0.3) is 5.57 Å². The zero-order valence-corrected chi connectivity index (χ0v) is 22.2. The van der Waals surface area contributed by atoms with Crippen LogP contribution in [0.2, 0.25) is 0 Å². The standard InChI is InChI=1S/C27H39F2N3O3/c1-17(2)34-24(33)23(35-25(4,5)6)27(29)18(3)30-16-20(19-9-10-21(28)31-15-19)22(27)32-13-11-26(7,8)12-14-32/h9-10,15-17,22-23H,11-14H2,1-8H3. The summed E-state index contributed by atoms with van der Waals surface area (Å²) in [5.74, 6) is -1.39. The molecular formula is C27H39F2N3O3. The number of nitrogens with zero attached hydrogens (tertiary/aromatic N) is 3. The first-order chi connectivity index (χ1) is 16.1. The highest BCUT2D eigenvalue weighted by Gasteiger charge is 2.59. The van der Waals surface area contributed by atoms with Crippen LogP contribution >= 0.6 is 0 Å². The Labute approximate surface area is 207 Å². The van der Waals surface area contributed by atoms with Crippen molar-refractivity contribution in [3.05, 3.63) is 36.0 Å². The average Bonchev–Trinajstić information content (AvgIpc) is 2.74. The molecule has 0 amide bonds. The zero-order valence-electron chi connectivity index (χ0n) is 22.2. The van der Waals surface area contributed by atoms with E-state index in [1.165, 1.54) is 12.3 Å². The maximum Gasteiger partial charge on any atom is 0.339 e. The number of halogens is 2. The van der Waals surface area contributed by atoms with E-state index >= 15 is 4.39 Å². The van der Waals surface area contributed by atoms with Gasteiger partial charge in [0.2, 0.25) is 11.6 Å². The minimum absolute atomic E-state index is 0.131. The molecule has 1 fully saturated rings. The molecule has 0 aromatic carbocycles. The van der Waals surface area contributed by atoms with E-state index in [1.54, 1.807) is 53.8 Å². The lowest BCUT2D eigenvalue weighted by molar-refractivity contribution is -0.185. The Morgan fingerprint density at radius 1 is 1.20 bits per heavy atom. The predicted octanol–water partition coefficient (Wildman–Crippen LogP) is 5.37. The molecule has 35 heavy (non-hydrogen) atoms. The largest absolute Gasteiger partial charge is 0.461 e. The first kappa shape index (κ1) is 27.4. The Morgan fingerprint density at radius 2 is 1.83 bits per heavy atom. The summed E-state index contributed by atoms with van der Waals surface area (Å²) >= 11 is 0. The molecule has 194 valence electrons. The summed E-state index contributed by atoms with van der Waals surface area (Å²) in [5.41, 5.74) is -1.80. The molecule has 0 bridgehead atoms. The third-order valence-electron chi connectivity index (χ3n) is 6.64. The van der Waals surface area contributed by atoms with Crippen LogP contribution in [0.1, 0.15) is 73.8 Å². The van der Waals surface area contributed by atoms with Crippen molar-refractivity contribution < 1.29 is 23.0 Å². The normalized spacial score (nSPS) is 26.2. The van der Waals surface area contributed by atoms with E-state index in [9.17, 15) is 9.18 Å². The molecule has 6 nitrogen and oxygen atoms in total. The molecule has 0 aliphatic carbocycles. The van der Waals surface area contributed by atoms with E-state index in [0.29, 0.717) is 24.2 Å². The molecule has 0 spiro atoms. The van der Waals surface area contributed by atoms with Crippen molar-refractivity contribution in [1.82, 2.24) is 9.88 Å². The highest BCUT2D eigenvalue weighted by molar-refractivity contribution is 6.01. The van der Waals surface area contributed by atoms with Crippen LogP contribution in [0.3, 0.4) is 0 Å². The van der Waals surface area contributed by atoms with Crippen LogP contribution in [0.5, 0.6) is 0 Å². The summed E-state index contributed by atoms with van der Waals surface area (Å²) < 4.78 is 43.0. The van der Waals surface area contributed by atoms with E-state index in [2.05, 4.69) is 28.7 Å². The smallest absolute Gasteiger partial charge is 0.339 e. The van der Waals surface area contributed by atoms with Gasteiger partial charge in [0.15, 0.2) is 6.10 Å². The molecule has 1 aromatic rings. The zero-order chi connectivity index (χ0) is 26.2. The molecule has 3 rings (SSSR count). The Morgan fingerprint density at radius 3 is 2.34 bits per heavy atom. The van der Waals surface area contributed by atoms with Crippen molar-refractivity contribution in [1.29, 1.82) is 0 Å². The molecule has 1 saturated heterocycles. The van der Waals surface area contributed by atoms with Gasteiger partial charge in [-0.2, -0.15) is 4.39 Å². The number of aromatic nitrogens is 1. The topological polar surface area (TPSA) is 64.0 Å². The number of esters is 1. The number of hydrogen-bond acceptors (Lipinski definition) is 6. The highest BCUT2D eigenvalue weighted by atomic mass is 19.1. The maximum absolute atomic E-state index is 17.8. The Bertz CT molecular complexity index is 972. The van der Waals surface area contributed by atoms with E-state index in [1.807, 2.05) is 0 Å². The van der Waals surface area contributed by atoms with Gasteiger partial charge in [-0.15, -0.1) is 0 Å². The summed E-state index contributed by atoms with van der Waals surface area (Å²) in [5, 5.41) is 0. The highest BCUT2D eigenvalue weighted by Crippen LogP contribution is 2.44. The lowest BCUT2D eigenvalue weighted by Crippen LogP contribution is -2.66. The van der Waals surface area contributed by atoms with Crippen LogP contribution in [0.15, 0.2) is 29.5 Å². The molecule has 3 unspecified atom stereocenters. The summed E-state index contributed by atoms with van der Waals surface area (Å²) in [4.78, 5) is 23.6. The number of rotatable bonds is 6. The van der Waals surface area contributed by atoms with E-state index in [0.717, 1.165) is 12.8 Å². The van der Waals surface area contributed by atoms with Crippen molar-refractivity contribution >= 4 is 17.3 Å². The number of likely N-dealkylation sites (tertiary alicyclic amines) is 1. The number of carbonyl (C=O) groups excluding carboxylic acids is 1. The maximum atomic E-state index is 17.8. The van der Waals surface area contributed by atoms with Crippen molar-refractivity contribution in [2.24, 2.45) is 10.4 Å². The molecule has 0 saturated carbocycles. The van der Waals surface area contributed by atoms with Crippen LogP contribution in [-0.2, 0) is 14.3 Å². The monoisotopic (exact) mass is 491 g/mol. The quantitative estimate of drug-likeness (QED) is 0.395. The average molecular weight is 492 g/mol. The van der Waals surface area contributed by atoms with E-state index in [-0.39, 0.29) is 11.1 Å². The van der Waals surface area contributed by atoms with Gasteiger partial charge in [0.05, 0.1) is 23.5 Å². The first-order valence-corrected chi connectivity index (χ1v) is 12.3. The molecule has 1 aromatic heterocycles. The summed E-state index contributed by atoms with van der Waals surface area (Å²) in [6.07, 6.45) is 2.73. The number of pyridine rings is 1. The fraction of sp³-hybridized carbons (Fsp3) is 0.667. The second kappa shape index (κ2) is 10.1. The second-order valence-corrected chi connectivity index (χ2v) is 11.6. The van der Waals surface area contributed by atoms with Gasteiger partial charge in [-0.05, 0) is 90.6 Å². The Kier molecular flexibility index (Phi) is 7.87. The molecular weight excluding hydrogens is 452 g/mol. The summed E-state index contributed by atoms with van der Waals surface area (Å²) in [6.45, 7) is 16.0. The SMILES string of the molecule is CC1=NC=C(c2ccc(F)nc2)C(N2CCC(C)(C)CC2)C1(F)C(OC(C)(C)C)C(=O)OC(C)C. The van der Waals surface area contributed by atoms with Gasteiger partial charge < -0.3 is 9.47 Å². The van der Waals surface area contributed by atoms with Gasteiger partial charge in [-0.3, -0.25) is 9.89 Å². The van der Waals surface area contributed by atoms with Crippen molar-refractivity contribution in [3.8, 4) is 0 Å². The predicted molar refractivity (Wildman–Crippen MR) is 133 cm³/mol. The van der Waals surface area contributed by atoms with Gasteiger partial charge >= 0.3 is 5.97 Å². The summed E-state index contributed by atoms with van der Waals surface area (Å²) in [6, 6.07) is 1.92. The Balaban J connectivity index is 2.17. The van der Waals surface area contributed by atoms with Crippen molar-refractivity contribution in [3.63, 3.8) is 0 Å². The molecule has 8 heteroatoms. The van der Waals surface area contributed by atoms with Crippen LogP contribution in [0.4, 0.5) is 8.78 Å². The minimum Gasteiger partial charge on any atom is -0.461 e. The van der Waals surface area contributed by atoms with Gasteiger partial charge in [-0.1, -0.05) is 13.8 Å². The van der Waals surface area contributed by atoms with Gasteiger partial charge in [0, 0.05) is 18.0 Å². The number of carbonyl (C=O) groups is 1. The minimum atomic E-state index is -2.32. The Hall–Kier alpha value is -2.19. The fourth-order valence-corrected chi connectivity index (χ4v) is 4.68. The molecule has 2 aliphatic heterocycles. The van der Waals surface area contributed by atoms with Gasteiger partial charge in [-0.25, -0.2) is 14.2 Å². The number of piperidine rings is 1. The molecule has 3 atom stereocenters. The van der Waals surface area contributed by atoms with Crippen LogP contribution in [0, 0.1) is 11.4 Å². The lowest BCUT2D eigenvalue weighted by atomic mass is 9.75. The van der Waals surface area contributed by atoms with Crippen molar-refractivity contribution in [2.45, 2.75) is 97.8 Å². The van der Waals surface area contributed by atoms with Gasteiger partial charge in [0.1, 0.15) is 0 Å². The van der Waals surface area contributed by atoms with Gasteiger partial charge in [0.25, 0.3) is 0 Å². The van der Waals surface area contributed by atoms with Crippen molar-refractivity contribution in [2.75, 3.05) is 13.1 Å². The van der Waals surface area contributed by atoms with Crippen LogP contribution in [-0.4, -0.2) is 64.2 Å².